The van der Waals surface area contributed by atoms with E-state index in [0.29, 0.717) is 11.4 Å². The van der Waals surface area contributed by atoms with E-state index in [9.17, 15) is 13.2 Å². The largest absolute Gasteiger partial charge is 0.416 e. The van der Waals surface area contributed by atoms with E-state index in [1.807, 2.05) is 24.3 Å². The molecule has 0 bridgehead atoms. The SMILES string of the molecule is C=C/C(=C\Cc1ccccc1C(F)(F)F)NC(=C)c1ccccc1NCCC. The molecule has 0 saturated carbocycles. The number of benzene rings is 2. The summed E-state index contributed by atoms with van der Waals surface area (Å²) in [5.41, 5.74) is 2.70. The summed E-state index contributed by atoms with van der Waals surface area (Å²) < 4.78 is 39.5. The van der Waals surface area contributed by atoms with Gasteiger partial charge >= 0.3 is 6.18 Å². The van der Waals surface area contributed by atoms with Crippen LogP contribution in [0.4, 0.5) is 18.9 Å². The van der Waals surface area contributed by atoms with Crippen LogP contribution in [0.25, 0.3) is 5.70 Å². The van der Waals surface area contributed by atoms with Crippen molar-refractivity contribution in [2.75, 3.05) is 11.9 Å². The third-order valence-electron chi connectivity index (χ3n) is 4.20. The first-order chi connectivity index (χ1) is 13.4. The number of alkyl halides is 3. The van der Waals surface area contributed by atoms with Gasteiger partial charge in [0.15, 0.2) is 0 Å². The molecule has 0 amide bonds. The van der Waals surface area contributed by atoms with E-state index in [1.54, 1.807) is 18.2 Å². The van der Waals surface area contributed by atoms with Crippen LogP contribution in [-0.4, -0.2) is 6.54 Å². The van der Waals surface area contributed by atoms with Gasteiger partial charge in [0.25, 0.3) is 0 Å². The molecular formula is C23H25F3N2. The van der Waals surface area contributed by atoms with Crippen molar-refractivity contribution in [3.63, 3.8) is 0 Å². The van der Waals surface area contributed by atoms with Gasteiger partial charge in [0, 0.05) is 29.2 Å². The van der Waals surface area contributed by atoms with Crippen LogP contribution >= 0.6 is 0 Å². The Bertz CT molecular complexity index is 851. The smallest absolute Gasteiger partial charge is 0.385 e. The highest BCUT2D eigenvalue weighted by molar-refractivity contribution is 5.75. The summed E-state index contributed by atoms with van der Waals surface area (Å²) in [7, 11) is 0. The number of hydrogen-bond acceptors (Lipinski definition) is 2. The van der Waals surface area contributed by atoms with Gasteiger partial charge in [-0.2, -0.15) is 13.2 Å². The van der Waals surface area contributed by atoms with Crippen molar-refractivity contribution in [2.45, 2.75) is 25.9 Å². The highest BCUT2D eigenvalue weighted by Crippen LogP contribution is 2.32. The second-order valence-electron chi connectivity index (χ2n) is 6.30. The highest BCUT2D eigenvalue weighted by atomic mass is 19.4. The average molecular weight is 386 g/mol. The Morgan fingerprint density at radius 1 is 1.07 bits per heavy atom. The van der Waals surface area contributed by atoms with Gasteiger partial charge in [0.05, 0.1) is 5.56 Å². The summed E-state index contributed by atoms with van der Waals surface area (Å²) in [5, 5.41) is 6.50. The van der Waals surface area contributed by atoms with Crippen LogP contribution in [0.2, 0.25) is 0 Å². The van der Waals surface area contributed by atoms with Crippen LogP contribution in [-0.2, 0) is 12.6 Å². The molecule has 0 unspecified atom stereocenters. The van der Waals surface area contributed by atoms with E-state index in [2.05, 4.69) is 30.7 Å². The van der Waals surface area contributed by atoms with Crippen molar-refractivity contribution in [1.29, 1.82) is 0 Å². The number of rotatable bonds is 9. The van der Waals surface area contributed by atoms with Crippen LogP contribution in [0.3, 0.4) is 0 Å². The molecule has 0 heterocycles. The molecule has 0 aliphatic carbocycles. The van der Waals surface area contributed by atoms with Crippen LogP contribution in [0, 0.1) is 0 Å². The zero-order valence-electron chi connectivity index (χ0n) is 15.9. The molecule has 0 radical (unpaired) electrons. The molecule has 2 rings (SSSR count). The van der Waals surface area contributed by atoms with Gasteiger partial charge in [-0.1, -0.05) is 62.6 Å². The van der Waals surface area contributed by atoms with Gasteiger partial charge in [0.1, 0.15) is 0 Å². The van der Waals surface area contributed by atoms with Gasteiger partial charge in [-0.25, -0.2) is 0 Å². The molecule has 0 fully saturated rings. The first-order valence-corrected chi connectivity index (χ1v) is 9.13. The van der Waals surface area contributed by atoms with Crippen LogP contribution in [0.1, 0.15) is 30.0 Å². The number of hydrogen-bond donors (Lipinski definition) is 2. The first kappa shape index (κ1) is 21.4. The lowest BCUT2D eigenvalue weighted by molar-refractivity contribution is -0.138. The van der Waals surface area contributed by atoms with E-state index in [-0.39, 0.29) is 12.0 Å². The molecule has 0 aliphatic heterocycles. The van der Waals surface area contributed by atoms with Crippen molar-refractivity contribution in [3.05, 3.63) is 96.2 Å². The van der Waals surface area contributed by atoms with Crippen molar-refractivity contribution in [1.82, 2.24) is 5.32 Å². The molecule has 0 saturated heterocycles. The average Bonchev–Trinajstić information content (AvgIpc) is 2.69. The number of para-hydroxylation sites is 1. The predicted octanol–water partition coefficient (Wildman–Crippen LogP) is 6.40. The second-order valence-corrected chi connectivity index (χ2v) is 6.30. The summed E-state index contributed by atoms with van der Waals surface area (Å²) in [6, 6.07) is 13.3. The van der Waals surface area contributed by atoms with E-state index in [1.165, 1.54) is 12.1 Å². The highest BCUT2D eigenvalue weighted by Gasteiger charge is 2.32. The summed E-state index contributed by atoms with van der Waals surface area (Å²) in [6.45, 7) is 10.7. The van der Waals surface area contributed by atoms with Crippen LogP contribution in [0.15, 0.2) is 79.5 Å². The lowest BCUT2D eigenvalue weighted by Gasteiger charge is -2.16. The molecular weight excluding hydrogens is 361 g/mol. The summed E-state index contributed by atoms with van der Waals surface area (Å²) >= 11 is 0. The maximum Gasteiger partial charge on any atom is 0.416 e. The molecule has 2 N–H and O–H groups in total. The van der Waals surface area contributed by atoms with Crippen molar-refractivity contribution < 1.29 is 13.2 Å². The van der Waals surface area contributed by atoms with Crippen LogP contribution < -0.4 is 10.6 Å². The first-order valence-electron chi connectivity index (χ1n) is 9.13. The van der Waals surface area contributed by atoms with E-state index in [0.717, 1.165) is 30.3 Å². The van der Waals surface area contributed by atoms with E-state index < -0.39 is 11.7 Å². The summed E-state index contributed by atoms with van der Waals surface area (Å²) in [4.78, 5) is 0. The minimum atomic E-state index is -4.38. The van der Waals surface area contributed by atoms with Gasteiger partial charge in [-0.3, -0.25) is 0 Å². The second kappa shape index (κ2) is 9.83. The van der Waals surface area contributed by atoms with Gasteiger partial charge in [-0.15, -0.1) is 0 Å². The maximum absolute atomic E-state index is 13.2. The Hall–Kier alpha value is -2.95. The molecule has 0 spiro atoms. The molecule has 2 aromatic carbocycles. The normalized spacial score (nSPS) is 11.8. The fourth-order valence-electron chi connectivity index (χ4n) is 2.78. The van der Waals surface area contributed by atoms with E-state index in [4.69, 9.17) is 0 Å². The Morgan fingerprint density at radius 3 is 2.43 bits per heavy atom. The Morgan fingerprint density at radius 2 is 1.75 bits per heavy atom. The number of nitrogens with one attached hydrogen (secondary N) is 2. The standard InChI is InChI=1S/C23H25F3N2/c1-4-16-27-22-13-9-7-11-20(22)17(3)28-19(5-2)15-14-18-10-6-8-12-21(18)23(24,25)26/h5-13,15,27-28H,2-4,14,16H2,1H3/b19-15+. The molecule has 0 aromatic heterocycles. The molecule has 2 nitrogen and oxygen atoms in total. The quantitative estimate of drug-likeness (QED) is 0.487. The Kier molecular flexibility index (Phi) is 7.50. The van der Waals surface area contributed by atoms with Gasteiger partial charge in [0.2, 0.25) is 0 Å². The van der Waals surface area contributed by atoms with Crippen molar-refractivity contribution >= 4 is 11.4 Å². The number of halogens is 3. The zero-order chi connectivity index (χ0) is 20.6. The van der Waals surface area contributed by atoms with Gasteiger partial charge in [-0.05, 0) is 36.6 Å². The molecule has 0 atom stereocenters. The fraction of sp³-hybridized carbons (Fsp3) is 0.217. The summed E-state index contributed by atoms with van der Waals surface area (Å²) in [6.07, 6.45) is 0.00566. The monoisotopic (exact) mass is 386 g/mol. The maximum atomic E-state index is 13.2. The lowest BCUT2D eigenvalue weighted by Crippen LogP contribution is -2.13. The van der Waals surface area contributed by atoms with Gasteiger partial charge < -0.3 is 10.6 Å². The van der Waals surface area contributed by atoms with Crippen molar-refractivity contribution in [2.24, 2.45) is 0 Å². The Labute approximate surface area is 164 Å². The molecule has 5 heteroatoms. The fourth-order valence-corrected chi connectivity index (χ4v) is 2.78. The number of allylic oxidation sites excluding steroid dienone is 2. The minimum absolute atomic E-state index is 0.132. The van der Waals surface area contributed by atoms with Crippen LogP contribution in [0.5, 0.6) is 0 Å². The van der Waals surface area contributed by atoms with E-state index >= 15 is 0 Å². The molecule has 0 aliphatic rings. The predicted molar refractivity (Wildman–Crippen MR) is 111 cm³/mol. The van der Waals surface area contributed by atoms with Crippen molar-refractivity contribution in [3.8, 4) is 0 Å². The molecule has 28 heavy (non-hydrogen) atoms. The zero-order valence-corrected chi connectivity index (χ0v) is 15.9. The molecule has 148 valence electrons. The third kappa shape index (κ3) is 5.78. The molecule has 2 aromatic rings. The third-order valence-corrected chi connectivity index (χ3v) is 4.20. The minimum Gasteiger partial charge on any atom is -0.385 e. The topological polar surface area (TPSA) is 24.1 Å². The Balaban J connectivity index is 2.17. The summed E-state index contributed by atoms with van der Waals surface area (Å²) in [5.74, 6) is 0. The number of anilines is 1. The lowest BCUT2D eigenvalue weighted by atomic mass is 10.0.